The van der Waals surface area contributed by atoms with Crippen LogP contribution in [0.4, 0.5) is 0 Å². The summed E-state index contributed by atoms with van der Waals surface area (Å²) in [5, 5.41) is 12.9. The number of ether oxygens (including phenoxy) is 1. The third kappa shape index (κ3) is 2.11. The summed E-state index contributed by atoms with van der Waals surface area (Å²) in [4.78, 5) is 11.4. The maximum absolute atomic E-state index is 11.4. The second-order valence-electron chi connectivity index (χ2n) is 2.91. The van der Waals surface area contributed by atoms with Crippen molar-refractivity contribution in [2.75, 3.05) is 13.2 Å². The van der Waals surface area contributed by atoms with Crippen molar-refractivity contribution < 1.29 is 14.6 Å². The summed E-state index contributed by atoms with van der Waals surface area (Å²) >= 11 is 0. The standard InChI is InChI=1S/C9H14N2O3/c1-3-14-9(13)8-4-5-10-11(8)7(2)6-12/h4-5,7,12H,3,6H2,1-2H3. The van der Waals surface area contributed by atoms with Gasteiger partial charge in [0.1, 0.15) is 5.69 Å². The smallest absolute Gasteiger partial charge is 0.356 e. The third-order valence-corrected chi connectivity index (χ3v) is 1.84. The molecule has 0 aliphatic heterocycles. The molecule has 0 saturated carbocycles. The first-order chi connectivity index (χ1) is 6.70. The van der Waals surface area contributed by atoms with Crippen LogP contribution in [0.1, 0.15) is 30.4 Å². The average molecular weight is 198 g/mol. The number of aliphatic hydroxyl groups is 1. The lowest BCUT2D eigenvalue weighted by molar-refractivity contribution is 0.0506. The third-order valence-electron chi connectivity index (χ3n) is 1.84. The molecule has 78 valence electrons. The van der Waals surface area contributed by atoms with Crippen molar-refractivity contribution in [3.63, 3.8) is 0 Å². The molecule has 1 aromatic heterocycles. The molecule has 0 bridgehead atoms. The number of rotatable bonds is 4. The number of esters is 1. The Balaban J connectivity index is 2.86. The molecule has 0 aliphatic rings. The lowest BCUT2D eigenvalue weighted by atomic mass is 10.3. The lowest BCUT2D eigenvalue weighted by Gasteiger charge is -2.11. The van der Waals surface area contributed by atoms with Crippen molar-refractivity contribution in [2.24, 2.45) is 0 Å². The molecule has 1 aromatic rings. The van der Waals surface area contributed by atoms with E-state index in [-0.39, 0.29) is 12.6 Å². The highest BCUT2D eigenvalue weighted by molar-refractivity contribution is 5.87. The number of carbonyl (C=O) groups is 1. The highest BCUT2D eigenvalue weighted by Gasteiger charge is 2.16. The molecular formula is C9H14N2O3. The van der Waals surface area contributed by atoms with E-state index in [2.05, 4.69) is 5.10 Å². The van der Waals surface area contributed by atoms with E-state index in [1.807, 2.05) is 0 Å². The molecule has 1 unspecified atom stereocenters. The molecule has 1 heterocycles. The first-order valence-electron chi connectivity index (χ1n) is 4.52. The number of hydrogen-bond acceptors (Lipinski definition) is 4. The van der Waals surface area contributed by atoms with Crippen molar-refractivity contribution >= 4 is 5.97 Å². The topological polar surface area (TPSA) is 64.3 Å². The maximum atomic E-state index is 11.4. The predicted molar refractivity (Wildman–Crippen MR) is 50.0 cm³/mol. The number of nitrogens with zero attached hydrogens (tertiary/aromatic N) is 2. The van der Waals surface area contributed by atoms with E-state index in [1.54, 1.807) is 19.9 Å². The molecule has 1 rings (SSSR count). The molecule has 14 heavy (non-hydrogen) atoms. The van der Waals surface area contributed by atoms with Crippen LogP contribution in [-0.4, -0.2) is 34.1 Å². The van der Waals surface area contributed by atoms with Gasteiger partial charge >= 0.3 is 5.97 Å². The van der Waals surface area contributed by atoms with Gasteiger partial charge in [-0.2, -0.15) is 5.10 Å². The second kappa shape index (κ2) is 4.76. The van der Waals surface area contributed by atoms with Gasteiger partial charge in [-0.3, -0.25) is 4.68 Å². The first kappa shape index (κ1) is 10.7. The average Bonchev–Trinajstić information content (AvgIpc) is 2.65. The Labute approximate surface area is 82.3 Å². The van der Waals surface area contributed by atoms with E-state index < -0.39 is 5.97 Å². The van der Waals surface area contributed by atoms with Crippen LogP contribution in [0.5, 0.6) is 0 Å². The maximum Gasteiger partial charge on any atom is 0.356 e. The van der Waals surface area contributed by atoms with Crippen LogP contribution in [0.25, 0.3) is 0 Å². The zero-order valence-electron chi connectivity index (χ0n) is 8.30. The summed E-state index contributed by atoms with van der Waals surface area (Å²) in [6.45, 7) is 3.79. The summed E-state index contributed by atoms with van der Waals surface area (Å²) in [6.07, 6.45) is 1.51. The van der Waals surface area contributed by atoms with Gasteiger partial charge in [0.15, 0.2) is 0 Å². The van der Waals surface area contributed by atoms with Crippen molar-refractivity contribution in [2.45, 2.75) is 19.9 Å². The van der Waals surface area contributed by atoms with Gasteiger partial charge in [-0.1, -0.05) is 0 Å². The Kier molecular flexibility index (Phi) is 3.64. The van der Waals surface area contributed by atoms with Gasteiger partial charge in [0.2, 0.25) is 0 Å². The molecule has 1 atom stereocenters. The molecule has 1 N–H and O–H groups in total. The van der Waals surface area contributed by atoms with E-state index >= 15 is 0 Å². The van der Waals surface area contributed by atoms with E-state index in [0.717, 1.165) is 0 Å². The Morgan fingerprint density at radius 1 is 1.79 bits per heavy atom. The SMILES string of the molecule is CCOC(=O)c1ccnn1C(C)CO. The van der Waals surface area contributed by atoms with E-state index in [4.69, 9.17) is 9.84 Å². The van der Waals surface area contributed by atoms with Crippen LogP contribution < -0.4 is 0 Å². The normalized spacial score (nSPS) is 12.5. The molecule has 0 saturated heterocycles. The molecule has 0 aliphatic carbocycles. The van der Waals surface area contributed by atoms with E-state index in [0.29, 0.717) is 12.3 Å². The molecule has 5 nitrogen and oxygen atoms in total. The van der Waals surface area contributed by atoms with Crippen LogP contribution in [0.15, 0.2) is 12.3 Å². The first-order valence-corrected chi connectivity index (χ1v) is 4.52. The Morgan fingerprint density at radius 3 is 3.07 bits per heavy atom. The van der Waals surface area contributed by atoms with E-state index in [1.165, 1.54) is 10.9 Å². The fraction of sp³-hybridized carbons (Fsp3) is 0.556. The van der Waals surface area contributed by atoms with Crippen LogP contribution >= 0.6 is 0 Å². The van der Waals surface area contributed by atoms with Crippen LogP contribution in [-0.2, 0) is 4.74 Å². The van der Waals surface area contributed by atoms with Gasteiger partial charge in [0, 0.05) is 6.20 Å². The Morgan fingerprint density at radius 2 is 2.50 bits per heavy atom. The lowest BCUT2D eigenvalue weighted by Crippen LogP contribution is -2.18. The van der Waals surface area contributed by atoms with Gasteiger partial charge < -0.3 is 9.84 Å². The van der Waals surface area contributed by atoms with Gasteiger partial charge in [-0.05, 0) is 19.9 Å². The minimum absolute atomic E-state index is 0.0614. The fourth-order valence-corrected chi connectivity index (χ4v) is 1.11. The van der Waals surface area contributed by atoms with E-state index in [9.17, 15) is 4.79 Å². The van der Waals surface area contributed by atoms with Crippen molar-refractivity contribution in [3.05, 3.63) is 18.0 Å². The van der Waals surface area contributed by atoms with Gasteiger partial charge in [-0.15, -0.1) is 0 Å². The number of carbonyl (C=O) groups excluding carboxylic acids is 1. The second-order valence-corrected chi connectivity index (χ2v) is 2.91. The van der Waals surface area contributed by atoms with Crippen molar-refractivity contribution in [3.8, 4) is 0 Å². The fourth-order valence-electron chi connectivity index (χ4n) is 1.11. The molecule has 0 amide bonds. The molecule has 5 heteroatoms. The van der Waals surface area contributed by atoms with Gasteiger partial charge in [-0.25, -0.2) is 4.79 Å². The van der Waals surface area contributed by atoms with Crippen LogP contribution in [0, 0.1) is 0 Å². The van der Waals surface area contributed by atoms with Crippen molar-refractivity contribution in [1.29, 1.82) is 0 Å². The molecule has 0 radical (unpaired) electrons. The largest absolute Gasteiger partial charge is 0.461 e. The summed E-state index contributed by atoms with van der Waals surface area (Å²) in [5.74, 6) is -0.412. The molecule has 0 fully saturated rings. The summed E-state index contributed by atoms with van der Waals surface area (Å²) < 4.78 is 6.30. The monoisotopic (exact) mass is 198 g/mol. The summed E-state index contributed by atoms with van der Waals surface area (Å²) in [6, 6.07) is 1.36. The summed E-state index contributed by atoms with van der Waals surface area (Å²) in [7, 11) is 0. The Bertz CT molecular complexity index is 309. The van der Waals surface area contributed by atoms with Gasteiger partial charge in [0.25, 0.3) is 0 Å². The van der Waals surface area contributed by atoms with Crippen LogP contribution in [0.3, 0.4) is 0 Å². The zero-order chi connectivity index (χ0) is 10.6. The molecular weight excluding hydrogens is 184 g/mol. The number of aromatic nitrogens is 2. The van der Waals surface area contributed by atoms with Gasteiger partial charge in [0.05, 0.1) is 19.3 Å². The van der Waals surface area contributed by atoms with Crippen LogP contribution in [0.2, 0.25) is 0 Å². The minimum Gasteiger partial charge on any atom is -0.461 e. The number of hydrogen-bond donors (Lipinski definition) is 1. The highest BCUT2D eigenvalue weighted by atomic mass is 16.5. The number of aliphatic hydroxyl groups excluding tert-OH is 1. The minimum atomic E-state index is -0.412. The van der Waals surface area contributed by atoms with Crippen molar-refractivity contribution in [1.82, 2.24) is 9.78 Å². The molecule has 0 aromatic carbocycles. The Hall–Kier alpha value is -1.36. The molecule has 0 spiro atoms. The highest BCUT2D eigenvalue weighted by Crippen LogP contribution is 2.09. The zero-order valence-corrected chi connectivity index (χ0v) is 8.30. The quantitative estimate of drug-likeness (QED) is 0.720. The summed E-state index contributed by atoms with van der Waals surface area (Å²) in [5.41, 5.74) is 0.369. The predicted octanol–water partition coefficient (Wildman–Crippen LogP) is 0.613.